The molecule has 10 heteroatoms. The quantitative estimate of drug-likeness (QED) is 0.358. The van der Waals surface area contributed by atoms with Gasteiger partial charge >= 0.3 is 12.1 Å². The number of hydrogen-bond donors (Lipinski definition) is 0. The van der Waals surface area contributed by atoms with Crippen molar-refractivity contribution in [1.29, 1.82) is 0 Å². The average Bonchev–Trinajstić information content (AvgIpc) is 3.32. The van der Waals surface area contributed by atoms with Crippen LogP contribution >= 0.6 is 0 Å². The molecule has 0 aliphatic carbocycles. The molecule has 2 atom stereocenters. The summed E-state index contributed by atoms with van der Waals surface area (Å²) in [6, 6.07) is 13.1. The Bertz CT molecular complexity index is 1400. The fourth-order valence-electron chi connectivity index (χ4n) is 4.19. The van der Waals surface area contributed by atoms with Crippen LogP contribution in [0.5, 0.6) is 5.75 Å². The molecule has 5 nitrogen and oxygen atoms in total. The number of ether oxygens (including phenoxy) is 1. The Balaban J connectivity index is 1.48. The molecule has 5 rings (SSSR count). The van der Waals surface area contributed by atoms with Gasteiger partial charge in [-0.3, -0.25) is 9.69 Å². The van der Waals surface area contributed by atoms with Crippen LogP contribution in [-0.2, 0) is 4.79 Å². The molecule has 3 aromatic carbocycles. The molecule has 1 aromatic heterocycles. The van der Waals surface area contributed by atoms with Crippen LogP contribution in [0.4, 0.5) is 27.6 Å². The average molecular weight is 473 g/mol. The van der Waals surface area contributed by atoms with E-state index in [0.717, 1.165) is 12.1 Å². The van der Waals surface area contributed by atoms with E-state index >= 15 is 0 Å². The molecule has 0 N–H and O–H groups in total. The highest BCUT2D eigenvalue weighted by Gasteiger charge is 2.50. The summed E-state index contributed by atoms with van der Waals surface area (Å²) in [7, 11) is 0. The van der Waals surface area contributed by atoms with Crippen LogP contribution in [0.15, 0.2) is 66.9 Å². The van der Waals surface area contributed by atoms with Crippen molar-refractivity contribution >= 4 is 22.5 Å². The van der Waals surface area contributed by atoms with Gasteiger partial charge in [0.1, 0.15) is 23.5 Å². The van der Waals surface area contributed by atoms with Crippen molar-refractivity contribution < 1.29 is 31.5 Å². The van der Waals surface area contributed by atoms with E-state index < -0.39 is 30.0 Å². The number of amides is 1. The summed E-state index contributed by atoms with van der Waals surface area (Å²) in [6.45, 7) is 1.41. The molecule has 34 heavy (non-hydrogen) atoms. The largest absolute Gasteiger partial charge is 0.483 e. The molecule has 174 valence electrons. The second-order valence-corrected chi connectivity index (χ2v) is 7.91. The van der Waals surface area contributed by atoms with E-state index in [1.807, 2.05) is 0 Å². The SMILES string of the molecule is C[C@H]1[C@H](Oc2ccc3c(cnn3-c3ccc(F)cc3)c2)c2ccc(F)cc2N1C(=O)C(F)(F)F. The highest BCUT2D eigenvalue weighted by atomic mass is 19.4. The van der Waals surface area contributed by atoms with Gasteiger partial charge in [0.15, 0.2) is 0 Å². The van der Waals surface area contributed by atoms with Crippen molar-refractivity contribution in [2.75, 3.05) is 4.90 Å². The summed E-state index contributed by atoms with van der Waals surface area (Å²) in [6.07, 6.45) is -4.50. The highest BCUT2D eigenvalue weighted by Crippen LogP contribution is 2.44. The Morgan fingerprint density at radius 3 is 2.38 bits per heavy atom. The second-order valence-electron chi connectivity index (χ2n) is 7.91. The van der Waals surface area contributed by atoms with Gasteiger partial charge in [0.05, 0.1) is 29.1 Å². The summed E-state index contributed by atoms with van der Waals surface area (Å²) in [4.78, 5) is 12.6. The molecule has 4 aromatic rings. The van der Waals surface area contributed by atoms with Crippen molar-refractivity contribution in [1.82, 2.24) is 9.78 Å². The van der Waals surface area contributed by atoms with Crippen molar-refractivity contribution in [3.63, 3.8) is 0 Å². The smallest absolute Gasteiger partial charge is 0.471 e. The van der Waals surface area contributed by atoms with E-state index in [1.54, 1.807) is 41.2 Å². The predicted molar refractivity (Wildman–Crippen MR) is 114 cm³/mol. The molecule has 0 unspecified atom stereocenters. The number of aromatic nitrogens is 2. The topological polar surface area (TPSA) is 47.4 Å². The molecule has 1 aliphatic heterocycles. The minimum atomic E-state index is -5.12. The van der Waals surface area contributed by atoms with Crippen LogP contribution in [-0.4, -0.2) is 27.9 Å². The zero-order valence-electron chi connectivity index (χ0n) is 17.6. The Morgan fingerprint density at radius 1 is 0.971 bits per heavy atom. The Morgan fingerprint density at radius 2 is 1.68 bits per heavy atom. The number of benzene rings is 3. The van der Waals surface area contributed by atoms with Crippen LogP contribution in [0.2, 0.25) is 0 Å². The molecule has 0 bridgehead atoms. The van der Waals surface area contributed by atoms with E-state index in [9.17, 15) is 26.7 Å². The minimum absolute atomic E-state index is 0.176. The minimum Gasteiger partial charge on any atom is -0.483 e. The van der Waals surface area contributed by atoms with Crippen LogP contribution in [0, 0.1) is 11.6 Å². The summed E-state index contributed by atoms with van der Waals surface area (Å²) in [5.41, 5.74) is 1.44. The fourth-order valence-corrected chi connectivity index (χ4v) is 4.19. The van der Waals surface area contributed by atoms with Crippen molar-refractivity contribution in [3.05, 3.63) is 84.1 Å². The molecule has 0 radical (unpaired) electrons. The summed E-state index contributed by atoms with van der Waals surface area (Å²) in [5, 5.41) is 4.99. The van der Waals surface area contributed by atoms with Gasteiger partial charge in [-0.25, -0.2) is 13.5 Å². The van der Waals surface area contributed by atoms with Gasteiger partial charge in [-0.2, -0.15) is 18.3 Å². The first-order valence-electron chi connectivity index (χ1n) is 10.2. The van der Waals surface area contributed by atoms with Crippen LogP contribution in [0.1, 0.15) is 18.6 Å². The maximum atomic E-state index is 13.8. The monoisotopic (exact) mass is 473 g/mol. The molecule has 1 aliphatic rings. The van der Waals surface area contributed by atoms with Gasteiger partial charge in [0, 0.05) is 10.9 Å². The number of alkyl halides is 3. The zero-order chi connectivity index (χ0) is 24.2. The number of rotatable bonds is 3. The Labute approximate surface area is 190 Å². The standard InChI is InChI=1S/C24H16F5N3O2/c1-13-22(19-8-4-16(26)11-21(19)31(13)23(33)24(27,28)29)34-18-7-9-20-14(10-18)12-30-32(20)17-5-2-15(25)3-6-17/h2-13,22H,1H3/t13-,22-/m0/s1. The van der Waals surface area contributed by atoms with Crippen molar-refractivity contribution in [2.45, 2.75) is 25.2 Å². The van der Waals surface area contributed by atoms with E-state index in [2.05, 4.69) is 5.10 Å². The maximum Gasteiger partial charge on any atom is 0.471 e. The number of hydrogen-bond acceptors (Lipinski definition) is 3. The maximum absolute atomic E-state index is 13.8. The molecule has 0 saturated heterocycles. The second kappa shape index (κ2) is 7.82. The highest BCUT2D eigenvalue weighted by molar-refractivity contribution is 6.00. The van der Waals surface area contributed by atoms with E-state index in [-0.39, 0.29) is 17.1 Å². The predicted octanol–water partition coefficient (Wildman–Crippen LogP) is 5.72. The molecular weight excluding hydrogens is 457 g/mol. The number of halogens is 5. The molecule has 0 spiro atoms. The molecular formula is C24H16F5N3O2. The van der Waals surface area contributed by atoms with Gasteiger partial charge in [-0.15, -0.1) is 0 Å². The normalized spacial score (nSPS) is 17.8. The van der Waals surface area contributed by atoms with Gasteiger partial charge in [0.25, 0.3) is 0 Å². The third-order valence-electron chi connectivity index (χ3n) is 5.74. The third kappa shape index (κ3) is 3.64. The first kappa shape index (κ1) is 21.9. The lowest BCUT2D eigenvalue weighted by atomic mass is 10.1. The zero-order valence-corrected chi connectivity index (χ0v) is 17.6. The van der Waals surface area contributed by atoms with E-state index in [0.29, 0.717) is 27.2 Å². The van der Waals surface area contributed by atoms with Gasteiger partial charge in [-0.1, -0.05) is 6.07 Å². The number of anilines is 1. The van der Waals surface area contributed by atoms with Crippen LogP contribution in [0.3, 0.4) is 0 Å². The number of carbonyl (C=O) groups is 1. The molecule has 1 amide bonds. The lowest BCUT2D eigenvalue weighted by molar-refractivity contribution is -0.171. The van der Waals surface area contributed by atoms with Gasteiger partial charge < -0.3 is 4.74 Å². The first-order valence-corrected chi connectivity index (χ1v) is 10.2. The van der Waals surface area contributed by atoms with Crippen molar-refractivity contribution in [3.8, 4) is 11.4 Å². The molecule has 2 heterocycles. The van der Waals surface area contributed by atoms with Crippen LogP contribution < -0.4 is 9.64 Å². The van der Waals surface area contributed by atoms with Gasteiger partial charge in [-0.05, 0) is 61.5 Å². The number of nitrogens with zero attached hydrogens (tertiary/aromatic N) is 3. The van der Waals surface area contributed by atoms with E-state index in [4.69, 9.17) is 4.74 Å². The number of carbonyl (C=O) groups excluding carboxylic acids is 1. The fraction of sp³-hybridized carbons (Fsp3) is 0.167. The molecule has 0 fully saturated rings. The summed E-state index contributed by atoms with van der Waals surface area (Å²) < 4.78 is 74.3. The Kier molecular flexibility index (Phi) is 5.03. The third-order valence-corrected chi connectivity index (χ3v) is 5.74. The lowest BCUT2D eigenvalue weighted by Gasteiger charge is -2.26. The first-order chi connectivity index (χ1) is 16.1. The lowest BCUT2D eigenvalue weighted by Crippen LogP contribution is -2.45. The number of fused-ring (bicyclic) bond motifs is 2. The van der Waals surface area contributed by atoms with Crippen LogP contribution in [0.25, 0.3) is 16.6 Å². The summed E-state index contributed by atoms with van der Waals surface area (Å²) >= 11 is 0. The summed E-state index contributed by atoms with van der Waals surface area (Å²) in [5.74, 6) is -2.89. The van der Waals surface area contributed by atoms with Gasteiger partial charge in [0.2, 0.25) is 0 Å². The Hall–Kier alpha value is -3.95. The molecule has 0 saturated carbocycles. The van der Waals surface area contributed by atoms with Crippen molar-refractivity contribution in [2.24, 2.45) is 0 Å². The van der Waals surface area contributed by atoms with E-state index in [1.165, 1.54) is 25.1 Å².